The van der Waals surface area contributed by atoms with E-state index in [-0.39, 0.29) is 23.1 Å². The number of rotatable bonds is 1. The fourth-order valence-corrected chi connectivity index (χ4v) is 3.26. The quantitative estimate of drug-likeness (QED) is 0.529. The van der Waals surface area contributed by atoms with E-state index in [0.717, 1.165) is 24.2 Å². The molecule has 0 bridgehead atoms. The van der Waals surface area contributed by atoms with Crippen molar-refractivity contribution in [2.24, 2.45) is 5.41 Å². The molecular formula is C15H22O3. The summed E-state index contributed by atoms with van der Waals surface area (Å²) >= 11 is 0. The largest absolute Gasteiger partial charge is 0.487 e. The fourth-order valence-electron chi connectivity index (χ4n) is 3.26. The molecule has 0 aromatic rings. The minimum atomic E-state index is -0.256. The molecule has 0 aromatic heterocycles. The summed E-state index contributed by atoms with van der Waals surface area (Å²) in [4.78, 5) is 11.1. The van der Waals surface area contributed by atoms with Crippen molar-refractivity contribution in [3.8, 4) is 0 Å². The smallest absolute Gasteiger partial charge is 0.303 e. The topological polar surface area (TPSA) is 35.5 Å². The Morgan fingerprint density at radius 1 is 1.44 bits per heavy atom. The molecular weight excluding hydrogens is 228 g/mol. The van der Waals surface area contributed by atoms with Crippen molar-refractivity contribution in [2.75, 3.05) is 0 Å². The van der Waals surface area contributed by atoms with Gasteiger partial charge in [-0.15, -0.1) is 0 Å². The van der Waals surface area contributed by atoms with Crippen LogP contribution in [0.3, 0.4) is 0 Å². The number of carbonyl (C=O) groups is 1. The van der Waals surface area contributed by atoms with Gasteiger partial charge in [0.25, 0.3) is 0 Å². The normalized spacial score (nSPS) is 33.7. The summed E-state index contributed by atoms with van der Waals surface area (Å²) in [6.07, 6.45) is 5.75. The molecule has 0 saturated carbocycles. The van der Waals surface area contributed by atoms with E-state index < -0.39 is 0 Å². The summed E-state index contributed by atoms with van der Waals surface area (Å²) in [6.45, 7) is 9.90. The van der Waals surface area contributed by atoms with Gasteiger partial charge in [0.2, 0.25) is 0 Å². The van der Waals surface area contributed by atoms with Gasteiger partial charge < -0.3 is 9.47 Å². The SMILES string of the molecule is CC(=O)O[C@@H]1C=C(C)[C@]2(CC=C(C)O2)C(C)(C)C1. The average Bonchev–Trinajstić information content (AvgIpc) is 2.58. The van der Waals surface area contributed by atoms with Gasteiger partial charge in [-0.3, -0.25) is 4.79 Å². The highest BCUT2D eigenvalue weighted by Crippen LogP contribution is 2.52. The number of hydrogen-bond acceptors (Lipinski definition) is 3. The molecule has 1 heterocycles. The first-order chi connectivity index (χ1) is 8.27. The number of hydrogen-bond donors (Lipinski definition) is 0. The Balaban J connectivity index is 2.31. The molecule has 0 fully saturated rings. The molecule has 1 spiro atoms. The second kappa shape index (κ2) is 4.15. The van der Waals surface area contributed by atoms with E-state index in [2.05, 4.69) is 26.8 Å². The van der Waals surface area contributed by atoms with Crippen molar-refractivity contribution < 1.29 is 14.3 Å². The summed E-state index contributed by atoms with van der Waals surface area (Å²) < 4.78 is 11.5. The highest BCUT2D eigenvalue weighted by molar-refractivity contribution is 5.66. The molecule has 0 unspecified atom stereocenters. The summed E-state index contributed by atoms with van der Waals surface area (Å²) in [7, 11) is 0. The van der Waals surface area contributed by atoms with E-state index in [1.54, 1.807) is 0 Å². The van der Waals surface area contributed by atoms with Crippen molar-refractivity contribution in [1.82, 2.24) is 0 Å². The number of allylic oxidation sites excluding steroid dienone is 1. The Kier molecular flexibility index (Phi) is 3.04. The highest BCUT2D eigenvalue weighted by Gasteiger charge is 2.53. The van der Waals surface area contributed by atoms with E-state index in [1.807, 2.05) is 13.0 Å². The van der Waals surface area contributed by atoms with Crippen LogP contribution in [0, 0.1) is 5.41 Å². The molecule has 0 saturated heterocycles. The van der Waals surface area contributed by atoms with E-state index in [9.17, 15) is 4.79 Å². The third kappa shape index (κ3) is 1.96. The predicted molar refractivity (Wildman–Crippen MR) is 69.9 cm³/mol. The molecule has 100 valence electrons. The fraction of sp³-hybridized carbons (Fsp3) is 0.667. The molecule has 0 radical (unpaired) electrons. The van der Waals surface area contributed by atoms with Gasteiger partial charge in [0, 0.05) is 18.8 Å². The maximum Gasteiger partial charge on any atom is 0.303 e. The van der Waals surface area contributed by atoms with Crippen molar-refractivity contribution in [3.63, 3.8) is 0 Å². The van der Waals surface area contributed by atoms with Gasteiger partial charge in [-0.25, -0.2) is 0 Å². The summed E-state index contributed by atoms with van der Waals surface area (Å²) in [5.41, 5.74) is 0.853. The molecule has 2 aliphatic rings. The standard InChI is InChI=1S/C15H22O3/c1-10-8-13(17-12(3)16)9-14(4,5)15(10)7-6-11(2)18-15/h6,8,13H,7,9H2,1-5H3/t13-,15-/m1/s1. The Morgan fingerprint density at radius 2 is 2.11 bits per heavy atom. The highest BCUT2D eigenvalue weighted by atomic mass is 16.5. The first-order valence-electron chi connectivity index (χ1n) is 6.49. The van der Waals surface area contributed by atoms with Gasteiger partial charge >= 0.3 is 5.97 Å². The molecule has 1 aliphatic heterocycles. The maximum absolute atomic E-state index is 11.1. The summed E-state index contributed by atoms with van der Waals surface area (Å²) in [6, 6.07) is 0. The van der Waals surface area contributed by atoms with Crippen LogP contribution in [0.25, 0.3) is 0 Å². The van der Waals surface area contributed by atoms with Crippen LogP contribution in [-0.2, 0) is 14.3 Å². The van der Waals surface area contributed by atoms with Crippen molar-refractivity contribution in [2.45, 2.75) is 59.2 Å². The van der Waals surface area contributed by atoms with Crippen LogP contribution in [0.1, 0.15) is 47.5 Å². The van der Waals surface area contributed by atoms with Crippen LogP contribution < -0.4 is 0 Å². The average molecular weight is 250 g/mol. The monoisotopic (exact) mass is 250 g/mol. The minimum absolute atomic E-state index is 0.0553. The molecule has 3 nitrogen and oxygen atoms in total. The van der Waals surface area contributed by atoms with Crippen LogP contribution in [0.4, 0.5) is 0 Å². The molecule has 1 aliphatic carbocycles. The summed E-state index contributed by atoms with van der Waals surface area (Å²) in [5, 5.41) is 0. The van der Waals surface area contributed by atoms with Crippen LogP contribution >= 0.6 is 0 Å². The first kappa shape index (κ1) is 13.2. The Bertz CT molecular complexity index is 431. The lowest BCUT2D eigenvalue weighted by molar-refractivity contribution is -0.149. The lowest BCUT2D eigenvalue weighted by atomic mass is 9.63. The van der Waals surface area contributed by atoms with Gasteiger partial charge in [0.15, 0.2) is 0 Å². The van der Waals surface area contributed by atoms with Crippen LogP contribution in [-0.4, -0.2) is 17.7 Å². The maximum atomic E-state index is 11.1. The lowest BCUT2D eigenvalue weighted by Gasteiger charge is -2.48. The second-order valence-corrected chi connectivity index (χ2v) is 6.03. The molecule has 2 atom stereocenters. The van der Waals surface area contributed by atoms with Gasteiger partial charge in [0.1, 0.15) is 11.7 Å². The number of carbonyl (C=O) groups excluding carboxylic acids is 1. The second-order valence-electron chi connectivity index (χ2n) is 6.03. The molecule has 18 heavy (non-hydrogen) atoms. The van der Waals surface area contributed by atoms with Crippen molar-refractivity contribution in [1.29, 1.82) is 0 Å². The van der Waals surface area contributed by atoms with E-state index >= 15 is 0 Å². The Hall–Kier alpha value is -1.25. The zero-order chi connectivity index (χ0) is 13.6. The van der Waals surface area contributed by atoms with Crippen molar-refractivity contribution >= 4 is 5.97 Å². The Labute approximate surface area is 109 Å². The van der Waals surface area contributed by atoms with Gasteiger partial charge in [0.05, 0.1) is 5.76 Å². The molecule has 3 heteroatoms. The van der Waals surface area contributed by atoms with Crippen LogP contribution in [0.2, 0.25) is 0 Å². The summed E-state index contributed by atoms with van der Waals surface area (Å²) in [5.74, 6) is 0.763. The van der Waals surface area contributed by atoms with E-state index in [4.69, 9.17) is 9.47 Å². The van der Waals surface area contributed by atoms with E-state index in [0.29, 0.717) is 0 Å². The number of esters is 1. The lowest BCUT2D eigenvalue weighted by Crippen LogP contribution is -2.50. The third-order valence-electron chi connectivity index (χ3n) is 4.21. The first-order valence-corrected chi connectivity index (χ1v) is 6.49. The Morgan fingerprint density at radius 3 is 2.56 bits per heavy atom. The molecule has 0 amide bonds. The molecule has 2 rings (SSSR count). The predicted octanol–water partition coefficient (Wildman–Crippen LogP) is 3.36. The van der Waals surface area contributed by atoms with E-state index in [1.165, 1.54) is 6.92 Å². The molecule has 0 aromatic carbocycles. The van der Waals surface area contributed by atoms with Crippen LogP contribution in [0.5, 0.6) is 0 Å². The van der Waals surface area contributed by atoms with Gasteiger partial charge in [-0.2, -0.15) is 0 Å². The van der Waals surface area contributed by atoms with Crippen LogP contribution in [0.15, 0.2) is 23.5 Å². The number of ether oxygens (including phenoxy) is 2. The van der Waals surface area contributed by atoms with Gasteiger partial charge in [-0.1, -0.05) is 13.8 Å². The zero-order valence-electron chi connectivity index (χ0n) is 11.9. The third-order valence-corrected chi connectivity index (χ3v) is 4.21. The minimum Gasteiger partial charge on any atom is -0.487 e. The molecule has 0 N–H and O–H groups in total. The zero-order valence-corrected chi connectivity index (χ0v) is 11.9. The van der Waals surface area contributed by atoms with Crippen molar-refractivity contribution in [3.05, 3.63) is 23.5 Å². The van der Waals surface area contributed by atoms with Gasteiger partial charge in [-0.05, 0) is 38.0 Å².